The second kappa shape index (κ2) is 7.61. The fraction of sp³-hybridized carbons (Fsp3) is 0.429. The molecule has 1 N–H and O–H groups in total. The first-order chi connectivity index (χ1) is 8.16. The number of unbranched alkanes of at least 4 members (excludes halogenated alkanes) is 2. The number of hydrogen-bond donors (Lipinski definition) is 1. The molecule has 0 radical (unpaired) electrons. The minimum Gasteiger partial charge on any atom is -0.310 e. The summed E-state index contributed by atoms with van der Waals surface area (Å²) >= 11 is 12.1. The van der Waals surface area contributed by atoms with Gasteiger partial charge in [0.1, 0.15) is 0 Å². The van der Waals surface area contributed by atoms with E-state index in [2.05, 4.69) is 18.2 Å². The molecular formula is C14H17Cl2N. The lowest BCUT2D eigenvalue weighted by atomic mass is 10.1. The molecule has 1 rings (SSSR count). The van der Waals surface area contributed by atoms with Crippen LogP contribution in [0.1, 0.15) is 37.8 Å². The smallest absolute Gasteiger partial charge is 0.0639 e. The van der Waals surface area contributed by atoms with E-state index in [1.807, 2.05) is 12.1 Å². The third kappa shape index (κ3) is 4.60. The zero-order chi connectivity index (χ0) is 12.7. The molecule has 0 fully saturated rings. The summed E-state index contributed by atoms with van der Waals surface area (Å²) in [7, 11) is 0. The average Bonchev–Trinajstić information content (AvgIpc) is 2.32. The van der Waals surface area contributed by atoms with Crippen LogP contribution in [-0.4, -0.2) is 6.54 Å². The van der Waals surface area contributed by atoms with Gasteiger partial charge in [-0.3, -0.25) is 0 Å². The highest BCUT2D eigenvalue weighted by Gasteiger charge is 2.10. The second-order valence-electron chi connectivity index (χ2n) is 3.98. The minimum absolute atomic E-state index is 0.201. The van der Waals surface area contributed by atoms with Crippen LogP contribution in [-0.2, 0) is 0 Å². The summed E-state index contributed by atoms with van der Waals surface area (Å²) in [6.45, 7) is 3.02. The number of terminal acetylenes is 1. The highest BCUT2D eigenvalue weighted by Crippen LogP contribution is 2.29. The van der Waals surface area contributed by atoms with Crippen LogP contribution in [0.25, 0.3) is 0 Å². The van der Waals surface area contributed by atoms with Crippen LogP contribution >= 0.6 is 23.2 Å². The molecule has 17 heavy (non-hydrogen) atoms. The maximum Gasteiger partial charge on any atom is 0.0639 e. The molecule has 0 amide bonds. The Morgan fingerprint density at radius 3 is 2.82 bits per heavy atom. The molecule has 1 aromatic rings. The average molecular weight is 270 g/mol. The maximum absolute atomic E-state index is 6.15. The van der Waals surface area contributed by atoms with Gasteiger partial charge in [-0.25, -0.2) is 0 Å². The number of rotatable bonds is 6. The largest absolute Gasteiger partial charge is 0.310 e. The van der Waals surface area contributed by atoms with Crippen molar-refractivity contribution >= 4 is 23.2 Å². The highest BCUT2D eigenvalue weighted by atomic mass is 35.5. The first-order valence-electron chi connectivity index (χ1n) is 5.77. The Bertz CT molecular complexity index is 396. The van der Waals surface area contributed by atoms with Gasteiger partial charge in [-0.2, -0.15) is 0 Å². The monoisotopic (exact) mass is 269 g/mol. The van der Waals surface area contributed by atoms with E-state index in [-0.39, 0.29) is 6.04 Å². The number of benzene rings is 1. The molecule has 1 unspecified atom stereocenters. The Morgan fingerprint density at radius 2 is 2.12 bits per heavy atom. The molecule has 0 aromatic heterocycles. The van der Waals surface area contributed by atoms with Crippen molar-refractivity contribution in [2.45, 2.75) is 32.2 Å². The van der Waals surface area contributed by atoms with Gasteiger partial charge in [-0.05, 0) is 37.9 Å². The summed E-state index contributed by atoms with van der Waals surface area (Å²) in [6.07, 6.45) is 8.17. The van der Waals surface area contributed by atoms with Gasteiger partial charge in [0.25, 0.3) is 0 Å². The Morgan fingerprint density at radius 1 is 1.35 bits per heavy atom. The van der Waals surface area contributed by atoms with E-state index in [0.717, 1.165) is 31.4 Å². The van der Waals surface area contributed by atoms with E-state index >= 15 is 0 Å². The number of halogens is 2. The predicted octanol–water partition coefficient (Wildman–Crippen LogP) is 4.45. The number of hydrogen-bond acceptors (Lipinski definition) is 1. The van der Waals surface area contributed by atoms with Crippen molar-refractivity contribution in [2.24, 2.45) is 0 Å². The molecule has 0 bridgehead atoms. The molecule has 0 spiro atoms. The normalized spacial score (nSPS) is 12.1. The van der Waals surface area contributed by atoms with E-state index in [1.165, 1.54) is 0 Å². The summed E-state index contributed by atoms with van der Waals surface area (Å²) in [6, 6.07) is 5.91. The molecule has 1 atom stereocenters. The van der Waals surface area contributed by atoms with Crippen molar-refractivity contribution in [3.8, 4) is 12.3 Å². The standard InChI is InChI=1S/C14H17Cl2N/c1-3-4-5-6-10-17-11(2)12-8-7-9-13(15)14(12)16/h1,7-9,11,17H,4-6,10H2,2H3. The van der Waals surface area contributed by atoms with Crippen LogP contribution in [0.5, 0.6) is 0 Å². The molecular weight excluding hydrogens is 253 g/mol. The van der Waals surface area contributed by atoms with Gasteiger partial charge in [-0.1, -0.05) is 35.3 Å². The fourth-order valence-electron chi connectivity index (χ4n) is 1.64. The minimum atomic E-state index is 0.201. The van der Waals surface area contributed by atoms with Gasteiger partial charge in [0, 0.05) is 12.5 Å². The Kier molecular flexibility index (Phi) is 6.44. The van der Waals surface area contributed by atoms with Crippen molar-refractivity contribution in [3.63, 3.8) is 0 Å². The third-order valence-corrected chi connectivity index (χ3v) is 3.48. The van der Waals surface area contributed by atoms with Gasteiger partial charge in [-0.15, -0.1) is 12.3 Å². The lowest BCUT2D eigenvalue weighted by Gasteiger charge is -2.16. The Balaban J connectivity index is 2.45. The van der Waals surface area contributed by atoms with E-state index in [9.17, 15) is 0 Å². The van der Waals surface area contributed by atoms with Crippen molar-refractivity contribution in [1.29, 1.82) is 0 Å². The lowest BCUT2D eigenvalue weighted by Crippen LogP contribution is -2.20. The molecule has 0 heterocycles. The molecule has 1 aromatic carbocycles. The van der Waals surface area contributed by atoms with Gasteiger partial charge >= 0.3 is 0 Å². The third-order valence-electron chi connectivity index (χ3n) is 2.65. The van der Waals surface area contributed by atoms with Crippen LogP contribution in [0.4, 0.5) is 0 Å². The molecule has 0 saturated carbocycles. The fourth-order valence-corrected chi connectivity index (χ4v) is 2.11. The van der Waals surface area contributed by atoms with Crippen LogP contribution in [0.3, 0.4) is 0 Å². The van der Waals surface area contributed by atoms with E-state index in [4.69, 9.17) is 29.6 Å². The first-order valence-corrected chi connectivity index (χ1v) is 6.53. The summed E-state index contributed by atoms with van der Waals surface area (Å²) in [5.74, 6) is 2.64. The van der Waals surface area contributed by atoms with Crippen LogP contribution in [0.2, 0.25) is 10.0 Å². The van der Waals surface area contributed by atoms with Gasteiger partial charge < -0.3 is 5.32 Å². The first kappa shape index (κ1) is 14.4. The van der Waals surface area contributed by atoms with Gasteiger partial charge in [0.05, 0.1) is 10.0 Å². The molecule has 92 valence electrons. The summed E-state index contributed by atoms with van der Waals surface area (Å²) < 4.78 is 0. The molecule has 1 nitrogen and oxygen atoms in total. The maximum atomic E-state index is 6.15. The summed E-state index contributed by atoms with van der Waals surface area (Å²) in [4.78, 5) is 0. The molecule has 3 heteroatoms. The van der Waals surface area contributed by atoms with Crippen molar-refractivity contribution < 1.29 is 0 Å². The van der Waals surface area contributed by atoms with Crippen LogP contribution in [0, 0.1) is 12.3 Å². The molecule has 0 saturated heterocycles. The molecule has 0 aliphatic carbocycles. The zero-order valence-corrected chi connectivity index (χ0v) is 11.5. The Hall–Kier alpha value is -0.680. The SMILES string of the molecule is C#CCCCCNC(C)c1cccc(Cl)c1Cl. The van der Waals surface area contributed by atoms with Crippen LogP contribution in [0.15, 0.2) is 18.2 Å². The quantitative estimate of drug-likeness (QED) is 0.595. The number of nitrogens with one attached hydrogen (secondary N) is 1. The second-order valence-corrected chi connectivity index (χ2v) is 4.77. The van der Waals surface area contributed by atoms with Gasteiger partial charge in [0.15, 0.2) is 0 Å². The molecule has 0 aliphatic heterocycles. The molecule has 0 aliphatic rings. The van der Waals surface area contributed by atoms with Crippen molar-refractivity contribution in [2.75, 3.05) is 6.54 Å². The van der Waals surface area contributed by atoms with E-state index in [1.54, 1.807) is 6.07 Å². The lowest BCUT2D eigenvalue weighted by molar-refractivity contribution is 0.549. The summed E-state index contributed by atoms with van der Waals surface area (Å²) in [5, 5.41) is 4.65. The van der Waals surface area contributed by atoms with Crippen molar-refractivity contribution in [3.05, 3.63) is 33.8 Å². The van der Waals surface area contributed by atoms with E-state index in [0.29, 0.717) is 10.0 Å². The van der Waals surface area contributed by atoms with Gasteiger partial charge in [0.2, 0.25) is 0 Å². The predicted molar refractivity (Wildman–Crippen MR) is 75.6 cm³/mol. The zero-order valence-electron chi connectivity index (χ0n) is 9.97. The summed E-state index contributed by atoms with van der Waals surface area (Å²) in [5.41, 5.74) is 1.04. The van der Waals surface area contributed by atoms with Crippen LogP contribution < -0.4 is 5.32 Å². The highest BCUT2D eigenvalue weighted by molar-refractivity contribution is 6.42. The van der Waals surface area contributed by atoms with E-state index < -0.39 is 0 Å². The van der Waals surface area contributed by atoms with Crippen molar-refractivity contribution in [1.82, 2.24) is 5.32 Å². The Labute approximate surface area is 114 Å². The topological polar surface area (TPSA) is 12.0 Å².